The maximum Gasteiger partial charge on any atom is 0.0810 e. The van der Waals surface area contributed by atoms with E-state index in [-0.39, 0.29) is 6.10 Å². The molecule has 3 heteroatoms. The number of hydrogen-bond acceptors (Lipinski definition) is 3. The van der Waals surface area contributed by atoms with Crippen molar-refractivity contribution in [1.82, 2.24) is 0 Å². The molecule has 1 aromatic carbocycles. The average Bonchev–Trinajstić information content (AvgIpc) is 2.80. The Balaban J connectivity index is 0.00000407. The standard InChI is InChI=1S/C25H44O2S.C2H6/c1-3-25(27-22-24-18-14-13-15-19-24)23-26-20-16-11-9-7-5-6-8-10-12-17-21-28-4-2;1-2/h13-15,18-19,25H,3-12,16-17,20-23H2,1-2H3;1-2H3. The topological polar surface area (TPSA) is 18.5 Å². The second-order valence-corrected chi connectivity index (χ2v) is 9.03. The molecule has 0 heterocycles. The highest BCUT2D eigenvalue weighted by Gasteiger charge is 2.07. The van der Waals surface area contributed by atoms with Gasteiger partial charge in [-0.1, -0.05) is 109 Å². The van der Waals surface area contributed by atoms with E-state index < -0.39 is 0 Å². The molecule has 0 aliphatic rings. The zero-order chi connectivity index (χ0) is 22.1. The molecule has 30 heavy (non-hydrogen) atoms. The Bertz CT molecular complexity index is 424. The lowest BCUT2D eigenvalue weighted by Crippen LogP contribution is -2.19. The van der Waals surface area contributed by atoms with E-state index in [0.29, 0.717) is 6.61 Å². The summed E-state index contributed by atoms with van der Waals surface area (Å²) in [5.74, 6) is 2.63. The average molecular weight is 439 g/mol. The van der Waals surface area contributed by atoms with Gasteiger partial charge in [0.25, 0.3) is 0 Å². The van der Waals surface area contributed by atoms with Crippen LogP contribution < -0.4 is 0 Å². The molecule has 1 unspecified atom stereocenters. The van der Waals surface area contributed by atoms with Crippen LogP contribution in [0.25, 0.3) is 0 Å². The quantitative estimate of drug-likeness (QED) is 0.190. The summed E-state index contributed by atoms with van der Waals surface area (Å²) >= 11 is 2.08. The lowest BCUT2D eigenvalue weighted by molar-refractivity contribution is -0.0269. The van der Waals surface area contributed by atoms with Crippen LogP contribution in [-0.4, -0.2) is 30.8 Å². The molecular weight excluding hydrogens is 388 g/mol. The fraction of sp³-hybridized carbons (Fsp3) is 0.778. The van der Waals surface area contributed by atoms with Crippen molar-refractivity contribution < 1.29 is 9.47 Å². The lowest BCUT2D eigenvalue weighted by Gasteiger charge is -2.16. The van der Waals surface area contributed by atoms with Gasteiger partial charge in [-0.05, 0) is 36.3 Å². The van der Waals surface area contributed by atoms with E-state index in [2.05, 4.69) is 49.9 Å². The highest BCUT2D eigenvalue weighted by atomic mass is 32.2. The molecule has 0 saturated carbocycles. The van der Waals surface area contributed by atoms with Crippen molar-refractivity contribution in [3.05, 3.63) is 35.9 Å². The summed E-state index contributed by atoms with van der Waals surface area (Å²) in [6, 6.07) is 10.4. The van der Waals surface area contributed by atoms with Crippen LogP contribution in [0.5, 0.6) is 0 Å². The van der Waals surface area contributed by atoms with Crippen LogP contribution in [-0.2, 0) is 16.1 Å². The number of thioether (sulfide) groups is 1. The number of hydrogen-bond donors (Lipinski definition) is 0. The van der Waals surface area contributed by atoms with Crippen LogP contribution in [0.1, 0.15) is 104 Å². The Morgan fingerprint density at radius 2 is 1.33 bits per heavy atom. The maximum absolute atomic E-state index is 5.97. The summed E-state index contributed by atoms with van der Waals surface area (Å²) in [5.41, 5.74) is 1.23. The number of benzene rings is 1. The Hall–Kier alpha value is -0.510. The molecule has 0 bridgehead atoms. The number of unbranched alkanes of at least 4 members (excludes halogenated alkanes) is 9. The van der Waals surface area contributed by atoms with Gasteiger partial charge in [0, 0.05) is 6.61 Å². The first-order valence-electron chi connectivity index (χ1n) is 12.7. The summed E-state index contributed by atoms with van der Waals surface area (Å²) in [4.78, 5) is 0. The zero-order valence-corrected chi connectivity index (χ0v) is 21.3. The van der Waals surface area contributed by atoms with Crippen molar-refractivity contribution in [2.75, 3.05) is 24.7 Å². The van der Waals surface area contributed by atoms with Gasteiger partial charge in [-0.15, -0.1) is 0 Å². The molecule has 0 aromatic heterocycles. The summed E-state index contributed by atoms with van der Waals surface area (Å²) in [6.45, 7) is 10.7. The Kier molecular flexibility index (Phi) is 24.3. The van der Waals surface area contributed by atoms with E-state index in [1.165, 1.54) is 81.3 Å². The predicted molar refractivity (Wildman–Crippen MR) is 137 cm³/mol. The molecule has 0 radical (unpaired) electrons. The minimum absolute atomic E-state index is 0.209. The molecule has 176 valence electrons. The van der Waals surface area contributed by atoms with Crippen molar-refractivity contribution in [2.45, 2.75) is 111 Å². The molecule has 0 saturated heterocycles. The Morgan fingerprint density at radius 1 is 0.767 bits per heavy atom. The molecular formula is C27H50O2S. The van der Waals surface area contributed by atoms with Gasteiger partial charge in [-0.25, -0.2) is 0 Å². The van der Waals surface area contributed by atoms with Gasteiger partial charge >= 0.3 is 0 Å². The normalized spacial score (nSPS) is 11.7. The molecule has 1 aromatic rings. The first-order valence-corrected chi connectivity index (χ1v) is 13.8. The monoisotopic (exact) mass is 438 g/mol. The van der Waals surface area contributed by atoms with Gasteiger partial charge in [-0.3, -0.25) is 0 Å². The molecule has 1 atom stereocenters. The molecule has 2 nitrogen and oxygen atoms in total. The first-order chi connectivity index (χ1) is 14.9. The van der Waals surface area contributed by atoms with Crippen LogP contribution >= 0.6 is 11.8 Å². The van der Waals surface area contributed by atoms with Gasteiger partial charge in [0.1, 0.15) is 0 Å². The first kappa shape index (κ1) is 29.5. The molecule has 0 aliphatic heterocycles. The van der Waals surface area contributed by atoms with E-state index in [0.717, 1.165) is 19.6 Å². The molecule has 0 N–H and O–H groups in total. The molecule has 0 aliphatic carbocycles. The number of ether oxygens (including phenoxy) is 2. The Labute approximate surface area is 192 Å². The van der Waals surface area contributed by atoms with Crippen molar-refractivity contribution in [3.8, 4) is 0 Å². The van der Waals surface area contributed by atoms with E-state index in [1.807, 2.05) is 19.9 Å². The van der Waals surface area contributed by atoms with Crippen LogP contribution in [0.15, 0.2) is 30.3 Å². The van der Waals surface area contributed by atoms with Crippen LogP contribution in [0, 0.1) is 0 Å². The van der Waals surface area contributed by atoms with Gasteiger partial charge in [0.2, 0.25) is 0 Å². The van der Waals surface area contributed by atoms with Crippen molar-refractivity contribution >= 4 is 11.8 Å². The van der Waals surface area contributed by atoms with E-state index >= 15 is 0 Å². The highest BCUT2D eigenvalue weighted by Crippen LogP contribution is 2.12. The van der Waals surface area contributed by atoms with Crippen molar-refractivity contribution in [2.24, 2.45) is 0 Å². The SMILES string of the molecule is CC.CCSCCCCCCCCCCCCOCC(CC)OCc1ccccc1. The van der Waals surface area contributed by atoms with E-state index in [9.17, 15) is 0 Å². The minimum Gasteiger partial charge on any atom is -0.379 e. The Morgan fingerprint density at radius 3 is 1.90 bits per heavy atom. The second-order valence-electron chi connectivity index (χ2n) is 7.63. The summed E-state index contributed by atoms with van der Waals surface area (Å²) in [6.07, 6.45) is 15.0. The van der Waals surface area contributed by atoms with Gasteiger partial charge in [0.15, 0.2) is 0 Å². The summed E-state index contributed by atoms with van der Waals surface area (Å²) in [7, 11) is 0. The smallest absolute Gasteiger partial charge is 0.0810 e. The van der Waals surface area contributed by atoms with Gasteiger partial charge in [-0.2, -0.15) is 11.8 Å². The van der Waals surface area contributed by atoms with Crippen LogP contribution in [0.3, 0.4) is 0 Å². The molecule has 0 spiro atoms. The minimum atomic E-state index is 0.209. The molecule has 1 rings (SSSR count). The van der Waals surface area contributed by atoms with Crippen LogP contribution in [0.4, 0.5) is 0 Å². The van der Waals surface area contributed by atoms with Crippen molar-refractivity contribution in [3.63, 3.8) is 0 Å². The van der Waals surface area contributed by atoms with Crippen LogP contribution in [0.2, 0.25) is 0 Å². The van der Waals surface area contributed by atoms with Gasteiger partial charge < -0.3 is 9.47 Å². The summed E-state index contributed by atoms with van der Waals surface area (Å²) in [5, 5.41) is 0. The third-order valence-electron chi connectivity index (χ3n) is 5.12. The molecule has 0 amide bonds. The van der Waals surface area contributed by atoms with Crippen molar-refractivity contribution in [1.29, 1.82) is 0 Å². The summed E-state index contributed by atoms with van der Waals surface area (Å²) < 4.78 is 11.8. The zero-order valence-electron chi connectivity index (χ0n) is 20.5. The van der Waals surface area contributed by atoms with E-state index in [1.54, 1.807) is 0 Å². The number of rotatable bonds is 20. The predicted octanol–water partition coefficient (Wildman–Crippen LogP) is 8.68. The lowest BCUT2D eigenvalue weighted by atomic mass is 10.1. The fourth-order valence-electron chi connectivity index (χ4n) is 3.25. The second kappa shape index (κ2) is 24.8. The maximum atomic E-state index is 5.97. The largest absolute Gasteiger partial charge is 0.379 e. The third-order valence-corrected chi connectivity index (χ3v) is 6.10. The van der Waals surface area contributed by atoms with Gasteiger partial charge in [0.05, 0.1) is 19.3 Å². The fourth-order valence-corrected chi connectivity index (χ4v) is 3.95. The third kappa shape index (κ3) is 19.5. The highest BCUT2D eigenvalue weighted by molar-refractivity contribution is 7.99. The van der Waals surface area contributed by atoms with E-state index in [4.69, 9.17) is 9.47 Å². The molecule has 0 fully saturated rings.